The maximum Gasteiger partial charge on any atom is 0.162 e. The van der Waals surface area contributed by atoms with Crippen molar-refractivity contribution in [1.82, 2.24) is 15.0 Å². The Morgan fingerprint density at radius 2 is 1.76 bits per heavy atom. The summed E-state index contributed by atoms with van der Waals surface area (Å²) in [6, 6.07) is 17.4. The van der Waals surface area contributed by atoms with Gasteiger partial charge in [0.15, 0.2) is 5.82 Å². The molecule has 7 nitrogen and oxygen atoms in total. The SMILES string of the molecule is COCCOc1ccc2nc(-c3ccc(Oc4ccc5scnc5c4)c(C)c3)nc(N)c2c1.Cl. The Morgan fingerprint density at radius 1 is 0.912 bits per heavy atom. The van der Waals surface area contributed by atoms with Crippen molar-refractivity contribution in [2.24, 2.45) is 0 Å². The van der Waals surface area contributed by atoms with Crippen molar-refractivity contribution in [2.45, 2.75) is 6.92 Å². The van der Waals surface area contributed by atoms with Gasteiger partial charge in [-0.3, -0.25) is 0 Å². The molecular weight excluding hydrogens is 472 g/mol. The molecule has 0 amide bonds. The van der Waals surface area contributed by atoms with E-state index in [1.54, 1.807) is 18.4 Å². The Kier molecular flexibility index (Phi) is 7.12. The zero-order valence-electron chi connectivity index (χ0n) is 18.6. The highest BCUT2D eigenvalue weighted by molar-refractivity contribution is 7.16. The number of rotatable bonds is 7. The highest BCUT2D eigenvalue weighted by Gasteiger charge is 2.11. The minimum absolute atomic E-state index is 0. The van der Waals surface area contributed by atoms with E-state index in [0.717, 1.165) is 43.7 Å². The van der Waals surface area contributed by atoms with Crippen LogP contribution in [0.15, 0.2) is 60.1 Å². The van der Waals surface area contributed by atoms with E-state index in [0.29, 0.717) is 30.6 Å². The molecule has 0 radical (unpaired) electrons. The van der Waals surface area contributed by atoms with Crippen LogP contribution in [0.3, 0.4) is 0 Å². The molecule has 0 spiro atoms. The number of methoxy groups -OCH3 is 1. The van der Waals surface area contributed by atoms with Crippen LogP contribution in [0.2, 0.25) is 0 Å². The van der Waals surface area contributed by atoms with Crippen molar-refractivity contribution in [3.63, 3.8) is 0 Å². The number of aromatic nitrogens is 3. The molecule has 9 heteroatoms. The Morgan fingerprint density at radius 3 is 2.59 bits per heavy atom. The zero-order valence-corrected chi connectivity index (χ0v) is 20.3. The number of nitrogens with two attached hydrogens (primary N) is 1. The first-order chi connectivity index (χ1) is 16.1. The second kappa shape index (κ2) is 10.2. The molecule has 0 aliphatic heterocycles. The number of nitrogens with zero attached hydrogens (tertiary/aromatic N) is 3. The van der Waals surface area contributed by atoms with Crippen LogP contribution in [0.4, 0.5) is 5.82 Å². The number of ether oxygens (including phenoxy) is 3. The smallest absolute Gasteiger partial charge is 0.162 e. The molecule has 2 aromatic heterocycles. The summed E-state index contributed by atoms with van der Waals surface area (Å²) in [5.74, 6) is 3.18. The lowest BCUT2D eigenvalue weighted by molar-refractivity contribution is 0.146. The van der Waals surface area contributed by atoms with Crippen LogP contribution in [-0.2, 0) is 4.74 Å². The largest absolute Gasteiger partial charge is 0.491 e. The van der Waals surface area contributed by atoms with Gasteiger partial charge >= 0.3 is 0 Å². The molecule has 0 aliphatic carbocycles. The number of thiazole rings is 1. The minimum atomic E-state index is 0. The van der Waals surface area contributed by atoms with Gasteiger partial charge in [0.2, 0.25) is 0 Å². The highest BCUT2D eigenvalue weighted by Crippen LogP contribution is 2.32. The molecule has 5 aromatic rings. The Labute approximate surface area is 207 Å². The molecule has 0 saturated carbocycles. The summed E-state index contributed by atoms with van der Waals surface area (Å²) in [6.07, 6.45) is 0. The molecule has 174 valence electrons. The van der Waals surface area contributed by atoms with E-state index < -0.39 is 0 Å². The van der Waals surface area contributed by atoms with E-state index in [1.807, 2.05) is 67.0 Å². The lowest BCUT2D eigenvalue weighted by Gasteiger charge is -2.12. The summed E-state index contributed by atoms with van der Waals surface area (Å²) in [5, 5.41) is 0.753. The van der Waals surface area contributed by atoms with Gasteiger partial charge < -0.3 is 19.9 Å². The summed E-state index contributed by atoms with van der Waals surface area (Å²) in [4.78, 5) is 13.6. The van der Waals surface area contributed by atoms with E-state index in [4.69, 9.17) is 24.9 Å². The molecule has 0 bridgehead atoms. The molecular formula is C25H23ClN4O3S. The summed E-state index contributed by atoms with van der Waals surface area (Å²) >= 11 is 1.61. The highest BCUT2D eigenvalue weighted by atomic mass is 35.5. The van der Waals surface area contributed by atoms with E-state index in [9.17, 15) is 0 Å². The molecule has 0 atom stereocenters. The molecule has 0 aliphatic rings. The molecule has 0 fully saturated rings. The molecule has 0 unspecified atom stereocenters. The average molecular weight is 495 g/mol. The van der Waals surface area contributed by atoms with Crippen LogP contribution < -0.4 is 15.2 Å². The van der Waals surface area contributed by atoms with Crippen molar-refractivity contribution in [3.05, 3.63) is 65.7 Å². The van der Waals surface area contributed by atoms with Crippen molar-refractivity contribution < 1.29 is 14.2 Å². The fraction of sp³-hybridized carbons (Fsp3) is 0.160. The standard InChI is InChI=1S/C25H22N4O3S.ClH/c1-15-11-16(3-7-22(15)32-18-5-8-23-21(13-18)27-14-33-23)25-28-20-6-4-17(31-10-9-30-2)12-19(20)24(26)29-25;/h3-8,11-14H,9-10H2,1-2H3,(H2,26,28,29);1H. The Balaban J connectivity index is 0.00000274. The van der Waals surface area contributed by atoms with Gasteiger partial charge in [-0.25, -0.2) is 15.0 Å². The summed E-state index contributed by atoms with van der Waals surface area (Å²) in [6.45, 7) is 2.97. The first kappa shape index (κ1) is 23.7. The first-order valence-electron chi connectivity index (χ1n) is 10.4. The quantitative estimate of drug-likeness (QED) is 0.276. The van der Waals surface area contributed by atoms with Crippen LogP contribution in [0, 0.1) is 6.92 Å². The number of benzene rings is 3. The second-order valence-corrected chi connectivity index (χ2v) is 8.40. The average Bonchev–Trinajstić information content (AvgIpc) is 3.29. The van der Waals surface area contributed by atoms with Crippen molar-refractivity contribution >= 4 is 50.7 Å². The second-order valence-electron chi connectivity index (χ2n) is 7.52. The monoisotopic (exact) mass is 494 g/mol. The molecule has 0 saturated heterocycles. The topological polar surface area (TPSA) is 92.4 Å². The van der Waals surface area contributed by atoms with Crippen molar-refractivity contribution in [1.29, 1.82) is 0 Å². The lowest BCUT2D eigenvalue weighted by atomic mass is 10.1. The van der Waals surface area contributed by atoms with Crippen molar-refractivity contribution in [2.75, 3.05) is 26.1 Å². The van der Waals surface area contributed by atoms with Gasteiger partial charge in [0.1, 0.15) is 29.7 Å². The fourth-order valence-corrected chi connectivity index (χ4v) is 4.18. The summed E-state index contributed by atoms with van der Waals surface area (Å²) in [5.41, 5.74) is 11.6. The van der Waals surface area contributed by atoms with Gasteiger partial charge in [0.05, 0.1) is 27.9 Å². The van der Waals surface area contributed by atoms with E-state index in [2.05, 4.69) is 9.97 Å². The number of aryl methyl sites for hydroxylation is 1. The number of nitrogen functional groups attached to an aromatic ring is 1. The summed E-state index contributed by atoms with van der Waals surface area (Å²) in [7, 11) is 1.64. The summed E-state index contributed by atoms with van der Waals surface area (Å²) < 4.78 is 17.9. The third kappa shape index (κ3) is 4.89. The maximum absolute atomic E-state index is 6.26. The van der Waals surface area contributed by atoms with E-state index in [1.165, 1.54) is 0 Å². The van der Waals surface area contributed by atoms with Gasteiger partial charge in [0, 0.05) is 24.1 Å². The van der Waals surface area contributed by atoms with Crippen LogP contribution >= 0.6 is 23.7 Å². The molecule has 2 N–H and O–H groups in total. The van der Waals surface area contributed by atoms with E-state index in [-0.39, 0.29) is 12.4 Å². The van der Waals surface area contributed by atoms with Gasteiger partial charge in [-0.05, 0) is 61.0 Å². The normalized spacial score (nSPS) is 10.9. The predicted molar refractivity (Wildman–Crippen MR) is 138 cm³/mol. The van der Waals surface area contributed by atoms with Gasteiger partial charge in [-0.1, -0.05) is 0 Å². The first-order valence-corrected chi connectivity index (χ1v) is 11.3. The Hall–Kier alpha value is -3.46. The number of halogens is 1. The number of fused-ring (bicyclic) bond motifs is 2. The third-order valence-electron chi connectivity index (χ3n) is 5.22. The van der Waals surface area contributed by atoms with Gasteiger partial charge in [-0.15, -0.1) is 23.7 Å². The fourth-order valence-electron chi connectivity index (χ4n) is 3.52. The molecule has 2 heterocycles. The third-order valence-corrected chi connectivity index (χ3v) is 6.03. The van der Waals surface area contributed by atoms with Crippen LogP contribution in [0.25, 0.3) is 32.5 Å². The molecule has 5 rings (SSSR count). The maximum atomic E-state index is 6.26. The van der Waals surface area contributed by atoms with Crippen LogP contribution in [-0.4, -0.2) is 35.3 Å². The van der Waals surface area contributed by atoms with Gasteiger partial charge in [-0.2, -0.15) is 0 Å². The lowest BCUT2D eigenvalue weighted by Crippen LogP contribution is -2.04. The number of anilines is 1. The van der Waals surface area contributed by atoms with E-state index >= 15 is 0 Å². The zero-order chi connectivity index (χ0) is 22.8. The predicted octanol–water partition coefficient (Wildman–Crippen LogP) is 6.04. The molecule has 34 heavy (non-hydrogen) atoms. The van der Waals surface area contributed by atoms with Gasteiger partial charge in [0.25, 0.3) is 0 Å². The van der Waals surface area contributed by atoms with Crippen LogP contribution in [0.5, 0.6) is 17.2 Å². The molecule has 3 aromatic carbocycles. The van der Waals surface area contributed by atoms with Crippen LogP contribution in [0.1, 0.15) is 5.56 Å². The number of hydrogen-bond acceptors (Lipinski definition) is 8. The minimum Gasteiger partial charge on any atom is -0.491 e. The number of hydrogen-bond donors (Lipinski definition) is 1. The van der Waals surface area contributed by atoms with Crippen molar-refractivity contribution in [3.8, 4) is 28.6 Å². The Bertz CT molecular complexity index is 1460.